The number of nitrogens with zero attached hydrogens (tertiary/aromatic N) is 4. The molecule has 0 atom stereocenters. The molecule has 100 valence electrons. The molecular formula is C12H6ClIN4O2. The second kappa shape index (κ2) is 4.98. The van der Waals surface area contributed by atoms with Crippen LogP contribution in [0.5, 0.6) is 0 Å². The molecule has 3 aromatic rings. The highest BCUT2D eigenvalue weighted by molar-refractivity contribution is 14.1. The van der Waals surface area contributed by atoms with Gasteiger partial charge >= 0.3 is 0 Å². The van der Waals surface area contributed by atoms with Crippen LogP contribution in [0, 0.1) is 13.7 Å². The standard InChI is InChI=1S/C12H6ClIN4O2/c13-11-10-9(14)5-17(12(10)16-6-15-11)7-1-3-8(4-2-7)18(19)20/h1-6H. The molecular weight excluding hydrogens is 395 g/mol. The summed E-state index contributed by atoms with van der Waals surface area (Å²) >= 11 is 8.23. The Bertz CT molecular complexity index is 816. The number of halogens is 2. The Balaban J connectivity index is 2.20. The first kappa shape index (κ1) is 13.3. The molecule has 0 bridgehead atoms. The number of rotatable bonds is 2. The van der Waals surface area contributed by atoms with E-state index in [0.717, 1.165) is 14.6 Å². The van der Waals surface area contributed by atoms with E-state index in [9.17, 15) is 10.1 Å². The molecule has 0 radical (unpaired) electrons. The molecule has 0 fully saturated rings. The van der Waals surface area contributed by atoms with Crippen LogP contribution in [0.25, 0.3) is 16.7 Å². The number of fused-ring (bicyclic) bond motifs is 1. The van der Waals surface area contributed by atoms with Gasteiger partial charge in [-0.15, -0.1) is 0 Å². The Hall–Kier alpha value is -1.74. The molecule has 2 heterocycles. The van der Waals surface area contributed by atoms with Crippen molar-refractivity contribution in [3.63, 3.8) is 0 Å². The third kappa shape index (κ3) is 2.12. The van der Waals surface area contributed by atoms with Gasteiger partial charge in [-0.1, -0.05) is 11.6 Å². The molecule has 6 nitrogen and oxygen atoms in total. The lowest BCUT2D eigenvalue weighted by atomic mass is 10.3. The van der Waals surface area contributed by atoms with Crippen molar-refractivity contribution >= 4 is 50.9 Å². The second-order valence-corrected chi connectivity index (χ2v) is 5.50. The highest BCUT2D eigenvalue weighted by Gasteiger charge is 2.14. The van der Waals surface area contributed by atoms with Crippen molar-refractivity contribution in [2.75, 3.05) is 0 Å². The van der Waals surface area contributed by atoms with Crippen molar-refractivity contribution in [1.29, 1.82) is 0 Å². The molecule has 0 N–H and O–H groups in total. The zero-order chi connectivity index (χ0) is 14.3. The lowest BCUT2D eigenvalue weighted by Crippen LogP contribution is -1.95. The molecule has 0 saturated heterocycles. The number of aromatic nitrogens is 3. The van der Waals surface area contributed by atoms with Crippen molar-refractivity contribution in [3.05, 3.63) is 55.6 Å². The van der Waals surface area contributed by atoms with Crippen LogP contribution in [0.2, 0.25) is 5.15 Å². The van der Waals surface area contributed by atoms with Crippen LogP contribution in [0.3, 0.4) is 0 Å². The van der Waals surface area contributed by atoms with E-state index in [2.05, 4.69) is 32.6 Å². The van der Waals surface area contributed by atoms with Gasteiger partial charge in [-0.25, -0.2) is 9.97 Å². The predicted octanol–water partition coefficient (Wildman–Crippen LogP) is 3.59. The summed E-state index contributed by atoms with van der Waals surface area (Å²) in [6, 6.07) is 6.25. The van der Waals surface area contributed by atoms with Gasteiger partial charge in [0.05, 0.1) is 10.3 Å². The number of non-ortho nitro benzene ring substituents is 1. The fraction of sp³-hybridized carbons (Fsp3) is 0. The maximum absolute atomic E-state index is 10.7. The van der Waals surface area contributed by atoms with Gasteiger partial charge in [0.1, 0.15) is 11.5 Å². The van der Waals surface area contributed by atoms with Gasteiger partial charge in [-0.05, 0) is 34.7 Å². The highest BCUT2D eigenvalue weighted by atomic mass is 127. The molecule has 0 amide bonds. The summed E-state index contributed by atoms with van der Waals surface area (Å²) in [7, 11) is 0. The monoisotopic (exact) mass is 400 g/mol. The van der Waals surface area contributed by atoms with Crippen LogP contribution in [0.4, 0.5) is 5.69 Å². The quantitative estimate of drug-likeness (QED) is 0.285. The van der Waals surface area contributed by atoms with Crippen LogP contribution >= 0.6 is 34.2 Å². The fourth-order valence-electron chi connectivity index (χ4n) is 1.91. The number of nitro benzene ring substituents is 1. The van der Waals surface area contributed by atoms with Gasteiger partial charge in [-0.3, -0.25) is 10.1 Å². The molecule has 0 spiro atoms. The first-order valence-electron chi connectivity index (χ1n) is 5.50. The third-order valence-electron chi connectivity index (χ3n) is 2.83. The van der Waals surface area contributed by atoms with Crippen LogP contribution in [0.1, 0.15) is 0 Å². The normalized spacial score (nSPS) is 10.9. The van der Waals surface area contributed by atoms with Gasteiger partial charge in [0.2, 0.25) is 0 Å². The Morgan fingerprint density at radius 3 is 2.60 bits per heavy atom. The summed E-state index contributed by atoms with van der Waals surface area (Å²) in [5, 5.41) is 11.8. The third-order valence-corrected chi connectivity index (χ3v) is 3.93. The van der Waals surface area contributed by atoms with E-state index in [4.69, 9.17) is 11.6 Å². The number of benzene rings is 1. The summed E-state index contributed by atoms with van der Waals surface area (Å²) in [5.41, 5.74) is 1.49. The second-order valence-electron chi connectivity index (χ2n) is 3.98. The Kier molecular flexibility index (Phi) is 3.30. The fourth-order valence-corrected chi connectivity index (χ4v) is 3.08. The van der Waals surface area contributed by atoms with E-state index in [-0.39, 0.29) is 5.69 Å². The molecule has 0 aliphatic rings. The molecule has 2 aromatic heterocycles. The minimum absolute atomic E-state index is 0.0487. The number of hydrogen-bond acceptors (Lipinski definition) is 4. The van der Waals surface area contributed by atoms with Gasteiger partial charge in [0, 0.05) is 27.6 Å². The van der Waals surface area contributed by atoms with Crippen molar-refractivity contribution in [1.82, 2.24) is 14.5 Å². The van der Waals surface area contributed by atoms with E-state index in [1.165, 1.54) is 18.5 Å². The average Bonchev–Trinajstić information content (AvgIpc) is 2.77. The van der Waals surface area contributed by atoms with Crippen LogP contribution in [-0.2, 0) is 0 Å². The van der Waals surface area contributed by atoms with Crippen LogP contribution < -0.4 is 0 Å². The SMILES string of the molecule is O=[N+]([O-])c1ccc(-n2cc(I)c3c(Cl)ncnc32)cc1. The lowest BCUT2D eigenvalue weighted by Gasteiger charge is -2.03. The number of nitro groups is 1. The van der Waals surface area contributed by atoms with Crippen molar-refractivity contribution in [3.8, 4) is 5.69 Å². The molecule has 1 aromatic carbocycles. The predicted molar refractivity (Wildman–Crippen MR) is 83.2 cm³/mol. The summed E-state index contributed by atoms with van der Waals surface area (Å²) in [6.07, 6.45) is 3.26. The van der Waals surface area contributed by atoms with Gasteiger partial charge in [0.15, 0.2) is 5.65 Å². The molecule has 0 unspecified atom stereocenters. The van der Waals surface area contributed by atoms with Crippen LogP contribution in [0.15, 0.2) is 36.8 Å². The molecule has 20 heavy (non-hydrogen) atoms. The number of hydrogen-bond donors (Lipinski definition) is 0. The molecule has 3 rings (SSSR count). The van der Waals surface area contributed by atoms with Gasteiger partial charge in [-0.2, -0.15) is 0 Å². The first-order chi connectivity index (χ1) is 9.58. The lowest BCUT2D eigenvalue weighted by molar-refractivity contribution is -0.384. The molecule has 8 heteroatoms. The van der Waals surface area contributed by atoms with Crippen molar-refractivity contribution in [2.45, 2.75) is 0 Å². The summed E-state index contributed by atoms with van der Waals surface area (Å²) in [5.74, 6) is 0. The average molecular weight is 401 g/mol. The summed E-state index contributed by atoms with van der Waals surface area (Å²) in [6.45, 7) is 0. The molecule has 0 saturated carbocycles. The first-order valence-corrected chi connectivity index (χ1v) is 6.95. The largest absolute Gasteiger partial charge is 0.300 e. The molecule has 0 aliphatic heterocycles. The Morgan fingerprint density at radius 1 is 1.25 bits per heavy atom. The van der Waals surface area contributed by atoms with E-state index in [0.29, 0.717) is 10.8 Å². The Labute approximate surface area is 131 Å². The van der Waals surface area contributed by atoms with E-state index in [1.54, 1.807) is 12.1 Å². The minimum Gasteiger partial charge on any atom is -0.300 e. The minimum atomic E-state index is -0.430. The smallest absolute Gasteiger partial charge is 0.269 e. The maximum atomic E-state index is 10.7. The maximum Gasteiger partial charge on any atom is 0.269 e. The van der Waals surface area contributed by atoms with E-state index in [1.807, 2.05) is 10.8 Å². The Morgan fingerprint density at radius 2 is 1.95 bits per heavy atom. The zero-order valence-electron chi connectivity index (χ0n) is 9.83. The summed E-state index contributed by atoms with van der Waals surface area (Å²) in [4.78, 5) is 18.4. The molecule has 0 aliphatic carbocycles. The van der Waals surface area contributed by atoms with Gasteiger partial charge in [0.25, 0.3) is 5.69 Å². The summed E-state index contributed by atoms with van der Waals surface area (Å²) < 4.78 is 2.75. The van der Waals surface area contributed by atoms with E-state index < -0.39 is 4.92 Å². The van der Waals surface area contributed by atoms with Gasteiger partial charge < -0.3 is 4.57 Å². The zero-order valence-corrected chi connectivity index (χ0v) is 12.7. The van der Waals surface area contributed by atoms with Crippen molar-refractivity contribution in [2.24, 2.45) is 0 Å². The highest BCUT2D eigenvalue weighted by Crippen LogP contribution is 2.29. The van der Waals surface area contributed by atoms with Crippen molar-refractivity contribution < 1.29 is 4.92 Å². The topological polar surface area (TPSA) is 73.8 Å². The van der Waals surface area contributed by atoms with Crippen LogP contribution in [-0.4, -0.2) is 19.5 Å². The van der Waals surface area contributed by atoms with E-state index >= 15 is 0 Å².